The summed E-state index contributed by atoms with van der Waals surface area (Å²) in [7, 11) is 0. The van der Waals surface area contributed by atoms with Crippen LogP contribution in [-0.2, 0) is 6.54 Å². The fourth-order valence-corrected chi connectivity index (χ4v) is 2.77. The quantitative estimate of drug-likeness (QED) is 0.560. The number of anilines is 1. The van der Waals surface area contributed by atoms with E-state index in [0.717, 1.165) is 5.39 Å². The van der Waals surface area contributed by atoms with Crippen LogP contribution in [-0.4, -0.2) is 21.8 Å². The molecule has 0 saturated carbocycles. The summed E-state index contributed by atoms with van der Waals surface area (Å²) in [4.78, 5) is 33.3. The smallest absolute Gasteiger partial charge is 0.274 e. The summed E-state index contributed by atoms with van der Waals surface area (Å²) in [5, 5.41) is 6.47. The van der Waals surface area contributed by atoms with Crippen molar-refractivity contribution in [2.75, 3.05) is 5.32 Å². The van der Waals surface area contributed by atoms with Crippen molar-refractivity contribution in [2.24, 2.45) is 0 Å². The Morgan fingerprint density at radius 1 is 0.929 bits per heavy atom. The molecule has 0 atom stereocenters. The molecular formula is C21H16N4O3. The van der Waals surface area contributed by atoms with Crippen LogP contribution in [0.5, 0.6) is 0 Å². The van der Waals surface area contributed by atoms with Gasteiger partial charge in [0.05, 0.1) is 24.0 Å². The maximum Gasteiger partial charge on any atom is 0.274 e. The third-order valence-corrected chi connectivity index (χ3v) is 4.14. The maximum atomic E-state index is 12.6. The number of rotatable bonds is 5. The van der Waals surface area contributed by atoms with Gasteiger partial charge in [-0.2, -0.15) is 0 Å². The molecule has 7 nitrogen and oxygen atoms in total. The van der Waals surface area contributed by atoms with Crippen LogP contribution in [0.25, 0.3) is 10.9 Å². The van der Waals surface area contributed by atoms with Gasteiger partial charge in [0.2, 0.25) is 0 Å². The molecule has 7 heteroatoms. The number of hydrogen-bond donors (Lipinski definition) is 2. The zero-order valence-electron chi connectivity index (χ0n) is 14.8. The maximum absolute atomic E-state index is 12.6. The topological polar surface area (TPSA) is 97.1 Å². The molecule has 0 fully saturated rings. The third kappa shape index (κ3) is 3.73. The van der Waals surface area contributed by atoms with Gasteiger partial charge in [-0.1, -0.05) is 18.2 Å². The molecule has 0 unspecified atom stereocenters. The van der Waals surface area contributed by atoms with Crippen LogP contribution in [0.4, 0.5) is 5.69 Å². The van der Waals surface area contributed by atoms with Crippen molar-refractivity contribution in [1.82, 2.24) is 15.3 Å². The van der Waals surface area contributed by atoms with Crippen molar-refractivity contribution in [1.29, 1.82) is 0 Å². The molecule has 0 saturated heterocycles. The van der Waals surface area contributed by atoms with Crippen LogP contribution in [0, 0.1) is 0 Å². The lowest BCUT2D eigenvalue weighted by molar-refractivity contribution is 0.0948. The summed E-state index contributed by atoms with van der Waals surface area (Å²) in [6, 6.07) is 15.8. The first-order chi connectivity index (χ1) is 13.7. The standard InChI is InChI=1S/C21H16N4O3/c26-20(24-13-16-6-3-11-28-16)15-8-10-22-18(12-15)21(27)25-17-7-1-4-14-5-2-9-23-19(14)17/h1-12H,13H2,(H,24,26)(H,25,27). The molecular weight excluding hydrogens is 356 g/mol. The van der Waals surface area contributed by atoms with Crippen LogP contribution < -0.4 is 10.6 Å². The third-order valence-electron chi connectivity index (χ3n) is 4.14. The first-order valence-electron chi connectivity index (χ1n) is 8.62. The van der Waals surface area contributed by atoms with Crippen LogP contribution >= 0.6 is 0 Å². The second kappa shape index (κ2) is 7.71. The zero-order valence-corrected chi connectivity index (χ0v) is 14.8. The lowest BCUT2D eigenvalue weighted by atomic mass is 10.1. The van der Waals surface area contributed by atoms with Crippen molar-refractivity contribution < 1.29 is 14.0 Å². The molecule has 0 spiro atoms. The van der Waals surface area contributed by atoms with Gasteiger partial charge < -0.3 is 15.1 Å². The first-order valence-corrected chi connectivity index (χ1v) is 8.62. The monoisotopic (exact) mass is 372 g/mol. The second-order valence-corrected chi connectivity index (χ2v) is 6.03. The molecule has 0 radical (unpaired) electrons. The number of nitrogens with one attached hydrogen (secondary N) is 2. The molecule has 4 rings (SSSR count). The van der Waals surface area contributed by atoms with Crippen molar-refractivity contribution in [3.05, 3.63) is 90.3 Å². The van der Waals surface area contributed by atoms with Gasteiger partial charge in [0.15, 0.2) is 0 Å². The highest BCUT2D eigenvalue weighted by Gasteiger charge is 2.14. The van der Waals surface area contributed by atoms with E-state index < -0.39 is 5.91 Å². The van der Waals surface area contributed by atoms with Gasteiger partial charge in [0.1, 0.15) is 11.5 Å². The van der Waals surface area contributed by atoms with Crippen molar-refractivity contribution in [2.45, 2.75) is 6.54 Å². The Hall–Kier alpha value is -4.00. The summed E-state index contributed by atoms with van der Waals surface area (Å²) in [5.41, 5.74) is 1.74. The lowest BCUT2D eigenvalue weighted by Gasteiger charge is -2.08. The molecule has 3 aromatic heterocycles. The highest BCUT2D eigenvalue weighted by Crippen LogP contribution is 2.21. The molecule has 1 aromatic carbocycles. The number of pyridine rings is 2. The van der Waals surface area contributed by atoms with Gasteiger partial charge in [-0.15, -0.1) is 0 Å². The molecule has 2 N–H and O–H groups in total. The number of aromatic nitrogens is 2. The molecule has 0 aliphatic rings. The molecule has 2 amide bonds. The summed E-state index contributed by atoms with van der Waals surface area (Å²) < 4.78 is 5.19. The number of hydrogen-bond acceptors (Lipinski definition) is 5. The van der Waals surface area contributed by atoms with E-state index in [9.17, 15) is 9.59 Å². The molecule has 0 aliphatic carbocycles. The summed E-state index contributed by atoms with van der Waals surface area (Å²) >= 11 is 0. The van der Waals surface area contributed by atoms with Crippen LogP contribution in [0.2, 0.25) is 0 Å². The van der Waals surface area contributed by atoms with E-state index in [-0.39, 0.29) is 18.1 Å². The lowest BCUT2D eigenvalue weighted by Crippen LogP contribution is -2.23. The average Bonchev–Trinajstić information content (AvgIpc) is 3.26. The van der Waals surface area contributed by atoms with Crippen molar-refractivity contribution in [3.8, 4) is 0 Å². The Bertz CT molecular complexity index is 1130. The number of fused-ring (bicyclic) bond motifs is 1. The van der Waals surface area contributed by atoms with E-state index >= 15 is 0 Å². The second-order valence-electron chi connectivity index (χ2n) is 6.03. The summed E-state index contributed by atoms with van der Waals surface area (Å²) in [6.45, 7) is 0.261. The number of amides is 2. The Morgan fingerprint density at radius 3 is 2.68 bits per heavy atom. The Morgan fingerprint density at radius 2 is 1.82 bits per heavy atom. The zero-order chi connectivity index (χ0) is 19.3. The Balaban J connectivity index is 1.50. The molecule has 138 valence electrons. The largest absolute Gasteiger partial charge is 0.467 e. The van der Waals surface area contributed by atoms with Crippen molar-refractivity contribution in [3.63, 3.8) is 0 Å². The number of carbonyl (C=O) groups is 2. The fourth-order valence-electron chi connectivity index (χ4n) is 2.77. The molecule has 0 aliphatic heterocycles. The average molecular weight is 372 g/mol. The van der Waals surface area contributed by atoms with Gasteiger partial charge in [-0.25, -0.2) is 0 Å². The minimum absolute atomic E-state index is 0.138. The van der Waals surface area contributed by atoms with E-state index in [1.165, 1.54) is 12.3 Å². The van der Waals surface area contributed by atoms with E-state index in [4.69, 9.17) is 4.42 Å². The predicted octanol–water partition coefficient (Wildman–Crippen LogP) is 3.41. The number of nitrogens with zero attached hydrogens (tertiary/aromatic N) is 2. The number of benzene rings is 1. The first kappa shape index (κ1) is 17.4. The van der Waals surface area contributed by atoms with Crippen LogP contribution in [0.3, 0.4) is 0 Å². The number of para-hydroxylation sites is 1. The van der Waals surface area contributed by atoms with Crippen LogP contribution in [0.1, 0.15) is 26.6 Å². The van der Waals surface area contributed by atoms with E-state index in [0.29, 0.717) is 22.5 Å². The normalized spacial score (nSPS) is 10.6. The van der Waals surface area contributed by atoms with Gasteiger partial charge in [-0.05, 0) is 36.4 Å². The fraction of sp³-hybridized carbons (Fsp3) is 0.0476. The number of carbonyl (C=O) groups excluding carboxylic acids is 2. The molecule has 28 heavy (non-hydrogen) atoms. The van der Waals surface area contributed by atoms with Gasteiger partial charge in [0.25, 0.3) is 11.8 Å². The molecule has 0 bridgehead atoms. The van der Waals surface area contributed by atoms with Crippen LogP contribution in [0.15, 0.2) is 77.7 Å². The van der Waals surface area contributed by atoms with E-state index in [1.807, 2.05) is 24.3 Å². The molecule has 4 aromatic rings. The highest BCUT2D eigenvalue weighted by molar-refractivity contribution is 6.08. The SMILES string of the molecule is O=C(NCc1ccco1)c1ccnc(C(=O)Nc2cccc3cccnc23)c1. The molecule has 3 heterocycles. The van der Waals surface area contributed by atoms with Gasteiger partial charge in [0, 0.05) is 23.3 Å². The van der Waals surface area contributed by atoms with Crippen molar-refractivity contribution >= 4 is 28.4 Å². The Kier molecular flexibility index (Phi) is 4.79. The van der Waals surface area contributed by atoms with Gasteiger partial charge >= 0.3 is 0 Å². The minimum Gasteiger partial charge on any atom is -0.467 e. The van der Waals surface area contributed by atoms with E-state index in [1.54, 1.807) is 36.7 Å². The van der Waals surface area contributed by atoms with Gasteiger partial charge in [-0.3, -0.25) is 19.6 Å². The number of furan rings is 1. The summed E-state index contributed by atoms with van der Waals surface area (Å²) in [6.07, 6.45) is 4.64. The van der Waals surface area contributed by atoms with E-state index in [2.05, 4.69) is 20.6 Å². The summed E-state index contributed by atoms with van der Waals surface area (Å²) in [5.74, 6) is -0.0951. The Labute approximate surface area is 160 Å². The minimum atomic E-state index is -0.418. The predicted molar refractivity (Wildman–Crippen MR) is 104 cm³/mol. The highest BCUT2D eigenvalue weighted by atomic mass is 16.3.